The molecule has 1 fully saturated rings. The zero-order valence-corrected chi connectivity index (χ0v) is 24.2. The number of fused-ring (bicyclic) bond motifs is 1. The van der Waals surface area contributed by atoms with Gasteiger partial charge < -0.3 is 14.4 Å². The molecule has 1 amide bonds. The minimum Gasteiger partial charge on any atom is -0.345 e. The summed E-state index contributed by atoms with van der Waals surface area (Å²) >= 11 is -2.05. The molecular weight excluding hydrogens is 530 g/mol. The first kappa shape index (κ1) is 27.1. The number of carbonyl (C=O) groups is 1. The van der Waals surface area contributed by atoms with Gasteiger partial charge in [-0.15, -0.1) is 0 Å². The molecular formula is C34H33N3O3S. The van der Waals surface area contributed by atoms with Crippen molar-refractivity contribution in [2.75, 3.05) is 0 Å². The summed E-state index contributed by atoms with van der Waals surface area (Å²) in [5.74, 6) is 0.511. The van der Waals surface area contributed by atoms with Crippen molar-refractivity contribution < 1.29 is 13.6 Å². The van der Waals surface area contributed by atoms with Crippen LogP contribution in [-0.2, 0) is 17.6 Å². The number of hydrogen-bond donors (Lipinski definition) is 2. The van der Waals surface area contributed by atoms with E-state index in [-0.39, 0.29) is 11.9 Å². The van der Waals surface area contributed by atoms with Crippen molar-refractivity contribution in [2.24, 2.45) is 0 Å². The predicted molar refractivity (Wildman–Crippen MR) is 164 cm³/mol. The van der Waals surface area contributed by atoms with Gasteiger partial charge in [0.1, 0.15) is 0 Å². The summed E-state index contributed by atoms with van der Waals surface area (Å²) in [4.78, 5) is 18.2. The van der Waals surface area contributed by atoms with Gasteiger partial charge in [0.05, 0.1) is 10.9 Å². The van der Waals surface area contributed by atoms with Crippen molar-refractivity contribution in [2.45, 2.75) is 57.0 Å². The maximum atomic E-state index is 13.2. The number of nitrogens with zero attached hydrogens (tertiary/aromatic N) is 2. The van der Waals surface area contributed by atoms with Gasteiger partial charge in [-0.1, -0.05) is 48.5 Å². The summed E-state index contributed by atoms with van der Waals surface area (Å²) in [6.45, 7) is 6.87. The van der Waals surface area contributed by atoms with Crippen LogP contribution in [0.1, 0.15) is 70.2 Å². The molecule has 6 rings (SSSR count). The molecule has 2 aromatic heterocycles. The number of hydrogen-bond acceptors (Lipinski definition) is 3. The Labute approximate surface area is 242 Å². The van der Waals surface area contributed by atoms with Crippen LogP contribution in [0.5, 0.6) is 0 Å². The van der Waals surface area contributed by atoms with E-state index >= 15 is 0 Å². The molecule has 1 unspecified atom stereocenters. The summed E-state index contributed by atoms with van der Waals surface area (Å²) in [6.07, 6.45) is 4.32. The molecule has 6 nitrogen and oxygen atoms in total. The molecule has 0 aliphatic heterocycles. The normalized spacial score (nSPS) is 14.6. The van der Waals surface area contributed by atoms with E-state index in [0.717, 1.165) is 50.1 Å². The van der Waals surface area contributed by atoms with Crippen LogP contribution in [0.2, 0.25) is 0 Å². The third-order valence-electron chi connectivity index (χ3n) is 8.23. The third-order valence-corrected chi connectivity index (χ3v) is 8.97. The Morgan fingerprint density at radius 2 is 1.80 bits per heavy atom. The minimum atomic E-state index is -2.05. The molecule has 0 bridgehead atoms. The lowest BCUT2D eigenvalue weighted by atomic mass is 10.0. The van der Waals surface area contributed by atoms with Gasteiger partial charge in [0, 0.05) is 52.1 Å². The van der Waals surface area contributed by atoms with E-state index in [1.165, 1.54) is 12.8 Å². The van der Waals surface area contributed by atoms with Gasteiger partial charge in [0.2, 0.25) is 0 Å². The van der Waals surface area contributed by atoms with Gasteiger partial charge in [0.15, 0.2) is 11.1 Å². The summed E-state index contributed by atoms with van der Waals surface area (Å²) in [7, 11) is 0. The monoisotopic (exact) mass is 563 g/mol. The molecule has 208 valence electrons. The lowest BCUT2D eigenvalue weighted by Crippen LogP contribution is -2.26. The zero-order valence-electron chi connectivity index (χ0n) is 23.4. The van der Waals surface area contributed by atoms with E-state index in [9.17, 15) is 13.6 Å². The van der Waals surface area contributed by atoms with Crippen LogP contribution in [0, 0.1) is 13.8 Å². The van der Waals surface area contributed by atoms with Crippen LogP contribution in [0.25, 0.3) is 22.0 Å². The van der Waals surface area contributed by atoms with E-state index in [4.69, 9.17) is 0 Å². The second kappa shape index (κ2) is 11.1. The molecule has 0 spiro atoms. The SMILES string of the molecule is Cc1c(C)n(Cc2ccc(-c3ccccc3S(=O)O)cc2)c2ccc(C(=O)N[C@H](C)c3ccc(C4CC4)nc3)cc12. The topological polar surface area (TPSA) is 84.2 Å². The molecule has 1 aliphatic rings. The highest BCUT2D eigenvalue weighted by Crippen LogP contribution is 2.39. The summed E-state index contributed by atoms with van der Waals surface area (Å²) in [6, 6.07) is 25.2. The number of nitrogens with one attached hydrogen (secondary N) is 1. The summed E-state index contributed by atoms with van der Waals surface area (Å²) < 4.78 is 23.7. The van der Waals surface area contributed by atoms with Crippen molar-refractivity contribution in [3.63, 3.8) is 0 Å². The second-order valence-electron chi connectivity index (χ2n) is 11.0. The van der Waals surface area contributed by atoms with Crippen LogP contribution < -0.4 is 5.32 Å². The van der Waals surface area contributed by atoms with E-state index in [2.05, 4.69) is 53.0 Å². The van der Waals surface area contributed by atoms with E-state index in [1.807, 2.05) is 55.6 Å². The fraction of sp³-hybridized carbons (Fsp3) is 0.235. The first-order chi connectivity index (χ1) is 19.8. The van der Waals surface area contributed by atoms with E-state index < -0.39 is 11.1 Å². The van der Waals surface area contributed by atoms with Crippen molar-refractivity contribution in [3.8, 4) is 11.1 Å². The number of pyridine rings is 1. The van der Waals surface area contributed by atoms with Crippen LogP contribution in [0.15, 0.2) is 90.0 Å². The first-order valence-electron chi connectivity index (χ1n) is 14.0. The Morgan fingerprint density at radius 1 is 1.05 bits per heavy atom. The Hall–Kier alpha value is -4.07. The Kier molecular flexibility index (Phi) is 7.32. The fourth-order valence-electron chi connectivity index (χ4n) is 5.48. The third kappa shape index (κ3) is 5.47. The van der Waals surface area contributed by atoms with Crippen LogP contribution in [0.4, 0.5) is 0 Å². The van der Waals surface area contributed by atoms with Gasteiger partial charge in [-0.25, -0.2) is 4.21 Å². The number of aromatic nitrogens is 2. The standard InChI is InChI=1S/C34H33N3O3S/c1-21-23(3)37(20-24-8-10-25(11-9-24)29-6-4-5-7-33(29)41(39)40)32-17-15-27(18-30(21)32)34(38)36-22(2)28-14-16-31(35-19-28)26-12-13-26/h4-11,14-19,22,26H,12-13,20H2,1-3H3,(H,36,38)(H,39,40)/t22-/m1/s1. The molecule has 2 heterocycles. The molecule has 2 atom stereocenters. The van der Waals surface area contributed by atoms with Gasteiger partial charge in [-0.2, -0.15) is 0 Å². The number of benzene rings is 3. The fourth-order valence-corrected chi connectivity index (χ4v) is 6.05. The number of carbonyl (C=O) groups excluding carboxylic acids is 1. The molecule has 1 saturated carbocycles. The molecule has 0 radical (unpaired) electrons. The molecule has 7 heteroatoms. The summed E-state index contributed by atoms with van der Waals surface area (Å²) in [5, 5.41) is 4.20. The molecule has 5 aromatic rings. The Bertz CT molecular complexity index is 1770. The molecule has 41 heavy (non-hydrogen) atoms. The van der Waals surface area contributed by atoms with Crippen molar-refractivity contribution in [3.05, 3.63) is 119 Å². The van der Waals surface area contributed by atoms with E-state index in [0.29, 0.717) is 22.9 Å². The van der Waals surface area contributed by atoms with Gasteiger partial charge in [0.25, 0.3) is 5.91 Å². The quantitative estimate of drug-likeness (QED) is 0.194. The average molecular weight is 564 g/mol. The number of aryl methyl sites for hydroxylation is 1. The largest absolute Gasteiger partial charge is 0.345 e. The molecule has 0 saturated heterocycles. The Morgan fingerprint density at radius 3 is 2.49 bits per heavy atom. The van der Waals surface area contributed by atoms with Crippen LogP contribution in [-0.4, -0.2) is 24.2 Å². The van der Waals surface area contributed by atoms with Gasteiger partial charge in [-0.3, -0.25) is 9.78 Å². The van der Waals surface area contributed by atoms with E-state index in [1.54, 1.807) is 12.1 Å². The lowest BCUT2D eigenvalue weighted by molar-refractivity contribution is 0.0940. The second-order valence-corrected chi connectivity index (χ2v) is 11.9. The molecule has 3 aromatic carbocycles. The van der Waals surface area contributed by atoms with Crippen LogP contribution >= 0.6 is 0 Å². The van der Waals surface area contributed by atoms with Crippen molar-refractivity contribution in [1.29, 1.82) is 0 Å². The predicted octanol–water partition coefficient (Wildman–Crippen LogP) is 7.32. The maximum absolute atomic E-state index is 13.2. The zero-order chi connectivity index (χ0) is 28.7. The summed E-state index contributed by atoms with van der Waals surface area (Å²) in [5.41, 5.74) is 8.94. The smallest absolute Gasteiger partial charge is 0.251 e. The Balaban J connectivity index is 1.20. The maximum Gasteiger partial charge on any atom is 0.251 e. The average Bonchev–Trinajstić information content (AvgIpc) is 3.82. The molecule has 2 N–H and O–H groups in total. The van der Waals surface area contributed by atoms with Crippen molar-refractivity contribution in [1.82, 2.24) is 14.9 Å². The first-order valence-corrected chi connectivity index (χ1v) is 15.1. The van der Waals surface area contributed by atoms with Gasteiger partial charge in [-0.05, 0) is 86.2 Å². The van der Waals surface area contributed by atoms with Crippen molar-refractivity contribution >= 4 is 27.9 Å². The minimum absolute atomic E-state index is 0.102. The highest BCUT2D eigenvalue weighted by Gasteiger charge is 2.25. The highest BCUT2D eigenvalue weighted by atomic mass is 32.2. The highest BCUT2D eigenvalue weighted by molar-refractivity contribution is 7.79. The molecule has 1 aliphatic carbocycles. The number of amides is 1. The van der Waals surface area contributed by atoms with Gasteiger partial charge >= 0.3 is 0 Å². The lowest BCUT2D eigenvalue weighted by Gasteiger charge is -2.15. The van der Waals surface area contributed by atoms with Crippen LogP contribution in [0.3, 0.4) is 0 Å². The number of rotatable bonds is 8.